The number of hydrogen-bond donors (Lipinski definition) is 0. The molecule has 0 spiro atoms. The smallest absolute Gasteiger partial charge is 0.195 e. The van der Waals surface area contributed by atoms with Crippen LogP contribution in [0.2, 0.25) is 0 Å². The van der Waals surface area contributed by atoms with Crippen molar-refractivity contribution < 1.29 is 9.18 Å². The number of nitrogens with zero attached hydrogens (tertiary/aromatic N) is 1. The molecule has 1 aromatic carbocycles. The highest BCUT2D eigenvalue weighted by Gasteiger charge is 2.19. The number of carbonyl (C=O) groups excluding carboxylic acids is 1. The monoisotopic (exact) mass is 215 g/mol. The van der Waals surface area contributed by atoms with Gasteiger partial charge in [0.1, 0.15) is 11.3 Å². The van der Waals surface area contributed by atoms with Crippen LogP contribution < -0.4 is 0 Å². The summed E-state index contributed by atoms with van der Waals surface area (Å²) in [5.74, 6) is -0.727. The Balaban J connectivity index is 2.89. The van der Waals surface area contributed by atoms with Gasteiger partial charge in [-0.05, 0) is 26.2 Å². The topological polar surface area (TPSA) is 20.3 Å². The van der Waals surface area contributed by atoms with Crippen molar-refractivity contribution in [1.29, 1.82) is 0 Å². The molecule has 0 saturated carbocycles. The second-order valence-electron chi connectivity index (χ2n) is 3.17. The predicted molar refractivity (Wildman–Crippen MR) is 54.1 cm³/mol. The van der Waals surface area contributed by atoms with E-state index in [-0.39, 0.29) is 5.78 Å². The lowest BCUT2D eigenvalue weighted by atomic mass is 10.1. The average molecular weight is 216 g/mol. The molecule has 0 amide bonds. The summed E-state index contributed by atoms with van der Waals surface area (Å²) >= 11 is 5.81. The zero-order chi connectivity index (χ0) is 10.7. The van der Waals surface area contributed by atoms with Crippen molar-refractivity contribution in [1.82, 2.24) is 4.90 Å². The van der Waals surface area contributed by atoms with E-state index >= 15 is 0 Å². The first-order valence-corrected chi connectivity index (χ1v) is 4.56. The van der Waals surface area contributed by atoms with Crippen LogP contribution in [0.3, 0.4) is 0 Å². The van der Waals surface area contributed by atoms with Gasteiger partial charge in [-0.3, -0.25) is 9.69 Å². The molecule has 0 saturated heterocycles. The van der Waals surface area contributed by atoms with E-state index in [2.05, 4.69) is 0 Å². The number of hydrogen-bond acceptors (Lipinski definition) is 2. The van der Waals surface area contributed by atoms with E-state index in [1.54, 1.807) is 25.1 Å². The molecule has 0 aromatic heterocycles. The zero-order valence-electron chi connectivity index (χ0n) is 8.00. The lowest BCUT2D eigenvalue weighted by Crippen LogP contribution is -2.30. The maximum atomic E-state index is 12.8. The number of halogens is 2. The summed E-state index contributed by atoms with van der Waals surface area (Å²) in [6.45, 7) is 0. The van der Waals surface area contributed by atoms with Crippen molar-refractivity contribution >= 4 is 17.4 Å². The van der Waals surface area contributed by atoms with E-state index < -0.39 is 11.3 Å². The van der Waals surface area contributed by atoms with Crippen LogP contribution in [0.25, 0.3) is 0 Å². The average Bonchev–Trinajstić information content (AvgIpc) is 2.15. The summed E-state index contributed by atoms with van der Waals surface area (Å²) in [5, 5.41) is 0. The normalized spacial score (nSPS) is 12.9. The fraction of sp³-hybridized carbons (Fsp3) is 0.300. The number of alkyl halides is 1. The minimum Gasteiger partial charge on any atom is -0.291 e. The molecule has 0 radical (unpaired) electrons. The summed E-state index contributed by atoms with van der Waals surface area (Å²) in [5.41, 5.74) is -0.462. The highest BCUT2D eigenvalue weighted by molar-refractivity contribution is 6.33. The summed E-state index contributed by atoms with van der Waals surface area (Å²) in [7, 11) is 3.38. The molecule has 76 valence electrons. The second-order valence-corrected chi connectivity index (χ2v) is 3.59. The number of benzene rings is 1. The third-order valence-corrected chi connectivity index (χ3v) is 2.37. The van der Waals surface area contributed by atoms with Crippen LogP contribution >= 0.6 is 11.6 Å². The Morgan fingerprint density at radius 3 is 2.64 bits per heavy atom. The number of Topliss-reactive ketones (excluding diaryl/α,β-unsaturated/α-hetero) is 1. The fourth-order valence-corrected chi connectivity index (χ4v) is 1.14. The first-order valence-electron chi connectivity index (χ1n) is 4.12. The number of carbonyl (C=O) groups is 1. The van der Waals surface area contributed by atoms with Crippen LogP contribution in [0.4, 0.5) is 4.39 Å². The van der Waals surface area contributed by atoms with Gasteiger partial charge in [0.15, 0.2) is 5.78 Å². The Morgan fingerprint density at radius 1 is 1.50 bits per heavy atom. The third kappa shape index (κ3) is 2.53. The maximum Gasteiger partial charge on any atom is 0.195 e. The Labute approximate surface area is 87.3 Å². The van der Waals surface area contributed by atoms with Gasteiger partial charge in [-0.15, -0.1) is 0 Å². The molecule has 1 unspecified atom stereocenters. The lowest BCUT2D eigenvalue weighted by molar-refractivity contribution is 0.0932. The lowest BCUT2D eigenvalue weighted by Gasteiger charge is -2.15. The quantitative estimate of drug-likeness (QED) is 0.438. The molecule has 0 bridgehead atoms. The van der Waals surface area contributed by atoms with Crippen LogP contribution in [0.1, 0.15) is 10.4 Å². The molecule has 0 aliphatic heterocycles. The molecule has 0 aliphatic rings. The molecule has 1 aromatic rings. The summed E-state index contributed by atoms with van der Waals surface area (Å²) < 4.78 is 12.8. The van der Waals surface area contributed by atoms with Crippen molar-refractivity contribution in [2.45, 2.75) is 5.50 Å². The molecule has 14 heavy (non-hydrogen) atoms. The van der Waals surface area contributed by atoms with E-state index in [0.29, 0.717) is 5.56 Å². The van der Waals surface area contributed by atoms with Gasteiger partial charge in [0.05, 0.1) is 0 Å². The minimum atomic E-state index is -0.753. The zero-order valence-corrected chi connectivity index (χ0v) is 8.75. The number of ketones is 1. The van der Waals surface area contributed by atoms with Crippen molar-refractivity contribution in [2.75, 3.05) is 14.1 Å². The SMILES string of the molecule is CN(C)C(Cl)C(=O)c1cccc(F)c1. The number of rotatable bonds is 3. The second kappa shape index (κ2) is 4.53. The first kappa shape index (κ1) is 11.1. The molecule has 1 atom stereocenters. The number of likely N-dealkylation sites (N-methyl/N-ethyl adjacent to an activating group) is 1. The molecule has 0 heterocycles. The van der Waals surface area contributed by atoms with Crippen LogP contribution in [-0.4, -0.2) is 30.3 Å². The van der Waals surface area contributed by atoms with Gasteiger partial charge >= 0.3 is 0 Å². The van der Waals surface area contributed by atoms with Gasteiger partial charge < -0.3 is 0 Å². The highest BCUT2D eigenvalue weighted by atomic mass is 35.5. The van der Waals surface area contributed by atoms with E-state index in [0.717, 1.165) is 0 Å². The van der Waals surface area contributed by atoms with Gasteiger partial charge in [0.2, 0.25) is 0 Å². The maximum absolute atomic E-state index is 12.8. The van der Waals surface area contributed by atoms with E-state index in [9.17, 15) is 9.18 Å². The summed E-state index contributed by atoms with van der Waals surface area (Å²) in [6, 6.07) is 5.50. The van der Waals surface area contributed by atoms with Gasteiger partial charge in [-0.2, -0.15) is 0 Å². The van der Waals surface area contributed by atoms with Crippen LogP contribution in [0.15, 0.2) is 24.3 Å². The van der Waals surface area contributed by atoms with Crippen molar-refractivity contribution in [2.24, 2.45) is 0 Å². The molecule has 1 rings (SSSR count). The molecular formula is C10H11ClFNO. The fourth-order valence-electron chi connectivity index (χ4n) is 1.01. The van der Waals surface area contributed by atoms with Crippen molar-refractivity contribution in [3.05, 3.63) is 35.6 Å². The van der Waals surface area contributed by atoms with E-state index in [1.807, 2.05) is 0 Å². The largest absolute Gasteiger partial charge is 0.291 e. The summed E-state index contributed by atoms with van der Waals surface area (Å²) in [6.07, 6.45) is 0. The third-order valence-electron chi connectivity index (χ3n) is 1.78. The molecule has 0 fully saturated rings. The van der Waals surface area contributed by atoms with E-state index in [1.165, 1.54) is 18.2 Å². The van der Waals surface area contributed by atoms with Crippen LogP contribution in [-0.2, 0) is 0 Å². The minimum absolute atomic E-state index is 0.290. The highest BCUT2D eigenvalue weighted by Crippen LogP contribution is 2.11. The van der Waals surface area contributed by atoms with Gasteiger partial charge in [0.25, 0.3) is 0 Å². The van der Waals surface area contributed by atoms with Gasteiger partial charge in [0, 0.05) is 5.56 Å². The molecule has 4 heteroatoms. The Bertz CT molecular complexity index is 341. The van der Waals surface area contributed by atoms with E-state index in [4.69, 9.17) is 11.6 Å². The van der Waals surface area contributed by atoms with Gasteiger partial charge in [-0.1, -0.05) is 23.7 Å². The first-order chi connectivity index (χ1) is 6.52. The van der Waals surface area contributed by atoms with Crippen LogP contribution in [0.5, 0.6) is 0 Å². The Kier molecular flexibility index (Phi) is 3.61. The summed E-state index contributed by atoms with van der Waals surface area (Å²) in [4.78, 5) is 13.2. The molecule has 0 N–H and O–H groups in total. The predicted octanol–water partition coefficient (Wildman–Crippen LogP) is 2.13. The molecule has 2 nitrogen and oxygen atoms in total. The van der Waals surface area contributed by atoms with Crippen molar-refractivity contribution in [3.8, 4) is 0 Å². The molecular weight excluding hydrogens is 205 g/mol. The Morgan fingerprint density at radius 2 is 2.14 bits per heavy atom. The molecule has 0 aliphatic carbocycles. The van der Waals surface area contributed by atoms with Gasteiger partial charge in [-0.25, -0.2) is 4.39 Å². The Hall–Kier alpha value is -0.930. The van der Waals surface area contributed by atoms with Crippen molar-refractivity contribution in [3.63, 3.8) is 0 Å². The van der Waals surface area contributed by atoms with Crippen LogP contribution in [0, 0.1) is 5.82 Å². The standard InChI is InChI=1S/C10H11ClFNO/c1-13(2)10(11)9(14)7-4-3-5-8(12)6-7/h3-6,10H,1-2H3.